The number of halogens is 1. The molecule has 0 bridgehead atoms. The number of nitrogens with one attached hydrogen (secondary N) is 2. The van der Waals surface area contributed by atoms with E-state index in [1.165, 1.54) is 6.33 Å². The Bertz CT molecular complexity index is 631. The molecule has 0 saturated heterocycles. The van der Waals surface area contributed by atoms with Crippen LogP contribution in [0.3, 0.4) is 0 Å². The molecule has 2 aromatic rings. The molecule has 2 rings (SSSR count). The zero-order chi connectivity index (χ0) is 15.9. The van der Waals surface area contributed by atoms with E-state index in [2.05, 4.69) is 36.4 Å². The Hall–Kier alpha value is -2.09. The summed E-state index contributed by atoms with van der Waals surface area (Å²) in [5, 5.41) is 8.88. The van der Waals surface area contributed by atoms with E-state index >= 15 is 0 Å². The molecular formula is C14H17BrN4O3. The second-order valence-corrected chi connectivity index (χ2v) is 5.17. The summed E-state index contributed by atoms with van der Waals surface area (Å²) in [5.74, 6) is 1.38. The lowest BCUT2D eigenvalue weighted by Crippen LogP contribution is -2.16. The van der Waals surface area contributed by atoms with Crippen molar-refractivity contribution in [2.24, 2.45) is 0 Å². The summed E-state index contributed by atoms with van der Waals surface area (Å²) >= 11 is 3.46. The average molecular weight is 369 g/mol. The van der Waals surface area contributed by atoms with Crippen molar-refractivity contribution in [3.63, 3.8) is 0 Å². The van der Waals surface area contributed by atoms with Crippen LogP contribution in [0.2, 0.25) is 0 Å². The molecule has 0 unspecified atom stereocenters. The summed E-state index contributed by atoms with van der Waals surface area (Å²) in [7, 11) is 0. The quantitative estimate of drug-likeness (QED) is 0.783. The number of rotatable bonds is 7. The fourth-order valence-electron chi connectivity index (χ4n) is 1.86. The van der Waals surface area contributed by atoms with E-state index in [9.17, 15) is 4.79 Å². The highest BCUT2D eigenvalue weighted by atomic mass is 79.9. The Labute approximate surface area is 136 Å². The highest BCUT2D eigenvalue weighted by molar-refractivity contribution is 9.10. The first-order chi connectivity index (χ1) is 10.6. The Balaban J connectivity index is 2.15. The standard InChI is InChI=1S/C14H17BrN4O3/c1-3-21-11-5-9(10(15)7-12(11)22-4-2)6-13(20)18-14-16-8-17-19-14/h5,7-8H,3-4,6H2,1-2H3,(H2,16,17,18,19,20). The van der Waals surface area contributed by atoms with Crippen LogP contribution in [-0.2, 0) is 11.2 Å². The van der Waals surface area contributed by atoms with Gasteiger partial charge in [-0.15, -0.1) is 0 Å². The third-order valence-corrected chi connectivity index (χ3v) is 3.47. The fourth-order valence-corrected chi connectivity index (χ4v) is 2.33. The van der Waals surface area contributed by atoms with Gasteiger partial charge in [0.1, 0.15) is 6.33 Å². The van der Waals surface area contributed by atoms with Crippen LogP contribution in [0.25, 0.3) is 0 Å². The number of aromatic amines is 1. The van der Waals surface area contributed by atoms with Gasteiger partial charge in [-0.05, 0) is 31.5 Å². The van der Waals surface area contributed by atoms with E-state index < -0.39 is 0 Å². The third-order valence-electron chi connectivity index (χ3n) is 2.74. The van der Waals surface area contributed by atoms with Crippen molar-refractivity contribution in [3.05, 3.63) is 28.5 Å². The zero-order valence-corrected chi connectivity index (χ0v) is 13.9. The zero-order valence-electron chi connectivity index (χ0n) is 12.4. The summed E-state index contributed by atoms with van der Waals surface area (Å²) in [6.45, 7) is 4.86. The van der Waals surface area contributed by atoms with E-state index in [1.54, 1.807) is 6.07 Å². The number of anilines is 1. The van der Waals surface area contributed by atoms with Crippen molar-refractivity contribution < 1.29 is 14.3 Å². The molecule has 0 spiro atoms. The fraction of sp³-hybridized carbons (Fsp3) is 0.357. The highest BCUT2D eigenvalue weighted by Crippen LogP contribution is 2.34. The van der Waals surface area contributed by atoms with Gasteiger partial charge in [0.2, 0.25) is 11.9 Å². The Kier molecular flexibility index (Phi) is 5.76. The number of hydrogen-bond donors (Lipinski definition) is 2. The number of carbonyl (C=O) groups is 1. The van der Waals surface area contributed by atoms with Gasteiger partial charge in [0.15, 0.2) is 11.5 Å². The number of ether oxygens (including phenoxy) is 2. The average Bonchev–Trinajstić information content (AvgIpc) is 2.97. The summed E-state index contributed by atoms with van der Waals surface area (Å²) in [6.07, 6.45) is 1.50. The van der Waals surface area contributed by atoms with Crippen LogP contribution in [0.5, 0.6) is 11.5 Å². The van der Waals surface area contributed by atoms with E-state index in [0.717, 1.165) is 10.0 Å². The number of hydrogen-bond acceptors (Lipinski definition) is 5. The molecule has 1 amide bonds. The first kappa shape index (κ1) is 16.3. The van der Waals surface area contributed by atoms with E-state index in [0.29, 0.717) is 30.7 Å². The highest BCUT2D eigenvalue weighted by Gasteiger charge is 2.14. The molecular weight excluding hydrogens is 352 g/mol. The maximum atomic E-state index is 12.0. The predicted molar refractivity (Wildman–Crippen MR) is 85.2 cm³/mol. The summed E-state index contributed by atoms with van der Waals surface area (Å²) in [4.78, 5) is 15.9. The summed E-state index contributed by atoms with van der Waals surface area (Å²) < 4.78 is 11.9. The van der Waals surface area contributed by atoms with Crippen LogP contribution >= 0.6 is 15.9 Å². The van der Waals surface area contributed by atoms with Crippen LogP contribution in [0.1, 0.15) is 19.4 Å². The molecule has 22 heavy (non-hydrogen) atoms. The lowest BCUT2D eigenvalue weighted by molar-refractivity contribution is -0.115. The molecule has 1 aromatic heterocycles. The SMILES string of the molecule is CCOc1cc(Br)c(CC(=O)Nc2ncn[nH]2)cc1OCC. The number of aromatic nitrogens is 3. The molecule has 0 aliphatic rings. The van der Waals surface area contributed by atoms with Gasteiger partial charge in [-0.25, -0.2) is 5.10 Å². The van der Waals surface area contributed by atoms with Crippen molar-refractivity contribution in [2.45, 2.75) is 20.3 Å². The van der Waals surface area contributed by atoms with E-state index in [-0.39, 0.29) is 12.3 Å². The van der Waals surface area contributed by atoms with Gasteiger partial charge in [0.25, 0.3) is 0 Å². The van der Waals surface area contributed by atoms with Crippen LogP contribution in [0.15, 0.2) is 22.9 Å². The van der Waals surface area contributed by atoms with Gasteiger partial charge in [-0.2, -0.15) is 10.1 Å². The van der Waals surface area contributed by atoms with Gasteiger partial charge < -0.3 is 9.47 Å². The lowest BCUT2D eigenvalue weighted by atomic mass is 10.1. The molecule has 118 valence electrons. The van der Waals surface area contributed by atoms with Crippen molar-refractivity contribution in [1.29, 1.82) is 0 Å². The largest absolute Gasteiger partial charge is 0.490 e. The molecule has 2 N–H and O–H groups in total. The van der Waals surface area contributed by atoms with Crippen molar-refractivity contribution >= 4 is 27.8 Å². The molecule has 0 radical (unpaired) electrons. The first-order valence-corrected chi connectivity index (χ1v) is 7.66. The molecule has 0 fully saturated rings. The molecule has 8 heteroatoms. The van der Waals surface area contributed by atoms with Gasteiger partial charge in [0.05, 0.1) is 19.6 Å². The van der Waals surface area contributed by atoms with Crippen LogP contribution in [-0.4, -0.2) is 34.3 Å². The topological polar surface area (TPSA) is 89.1 Å². The summed E-state index contributed by atoms with van der Waals surface area (Å²) in [6, 6.07) is 3.62. The maximum absolute atomic E-state index is 12.0. The van der Waals surface area contributed by atoms with Crippen LogP contribution < -0.4 is 14.8 Å². The predicted octanol–water partition coefficient (Wildman–Crippen LogP) is 2.55. The van der Waals surface area contributed by atoms with Gasteiger partial charge >= 0.3 is 0 Å². The molecule has 1 aromatic carbocycles. The first-order valence-electron chi connectivity index (χ1n) is 6.87. The minimum atomic E-state index is -0.205. The Morgan fingerprint density at radius 2 is 1.95 bits per heavy atom. The normalized spacial score (nSPS) is 10.3. The number of carbonyl (C=O) groups excluding carboxylic acids is 1. The van der Waals surface area contributed by atoms with Crippen molar-refractivity contribution in [1.82, 2.24) is 15.2 Å². The molecule has 7 nitrogen and oxygen atoms in total. The van der Waals surface area contributed by atoms with Crippen LogP contribution in [0, 0.1) is 0 Å². The van der Waals surface area contributed by atoms with Gasteiger partial charge in [-0.1, -0.05) is 15.9 Å². The van der Waals surface area contributed by atoms with E-state index in [4.69, 9.17) is 9.47 Å². The Morgan fingerprint density at radius 3 is 2.55 bits per heavy atom. The van der Waals surface area contributed by atoms with Gasteiger partial charge in [0, 0.05) is 4.47 Å². The van der Waals surface area contributed by atoms with Crippen molar-refractivity contribution in [2.75, 3.05) is 18.5 Å². The molecule has 0 aliphatic heterocycles. The molecule has 0 aliphatic carbocycles. The number of benzene rings is 1. The molecule has 0 saturated carbocycles. The molecule has 1 heterocycles. The maximum Gasteiger partial charge on any atom is 0.231 e. The number of nitrogens with zero attached hydrogens (tertiary/aromatic N) is 2. The summed E-state index contributed by atoms with van der Waals surface area (Å²) in [5.41, 5.74) is 0.795. The minimum Gasteiger partial charge on any atom is -0.490 e. The third kappa shape index (κ3) is 4.20. The Morgan fingerprint density at radius 1 is 1.27 bits per heavy atom. The van der Waals surface area contributed by atoms with Gasteiger partial charge in [-0.3, -0.25) is 10.1 Å². The number of H-pyrrole nitrogens is 1. The second-order valence-electron chi connectivity index (χ2n) is 4.32. The lowest BCUT2D eigenvalue weighted by Gasteiger charge is -2.14. The van der Waals surface area contributed by atoms with E-state index in [1.807, 2.05) is 19.9 Å². The number of amides is 1. The molecule has 0 atom stereocenters. The second kappa shape index (κ2) is 7.79. The minimum absolute atomic E-state index is 0.174. The van der Waals surface area contributed by atoms with Crippen molar-refractivity contribution in [3.8, 4) is 11.5 Å². The monoisotopic (exact) mass is 368 g/mol. The smallest absolute Gasteiger partial charge is 0.231 e. The van der Waals surface area contributed by atoms with Crippen LogP contribution in [0.4, 0.5) is 5.95 Å².